The molecular weight excluding hydrogens is 418 g/mol. The van der Waals surface area contributed by atoms with Crippen molar-refractivity contribution in [2.45, 2.75) is 11.4 Å². The number of ether oxygens (including phenoxy) is 3. The van der Waals surface area contributed by atoms with Crippen LogP contribution in [0, 0.1) is 0 Å². The highest BCUT2D eigenvalue weighted by atomic mass is 32.2. The summed E-state index contributed by atoms with van der Waals surface area (Å²) in [6.07, 6.45) is 1.27. The number of amides is 1. The first-order valence-electron chi connectivity index (χ1n) is 8.89. The molecule has 0 spiro atoms. The van der Waals surface area contributed by atoms with E-state index in [-0.39, 0.29) is 41.7 Å². The predicted octanol–water partition coefficient (Wildman–Crippen LogP) is -0.267. The Morgan fingerprint density at radius 3 is 2.63 bits per heavy atom. The van der Waals surface area contributed by atoms with Gasteiger partial charge in [-0.25, -0.2) is 17.9 Å². The van der Waals surface area contributed by atoms with Gasteiger partial charge < -0.3 is 19.5 Å². The van der Waals surface area contributed by atoms with Crippen molar-refractivity contribution < 1.29 is 32.2 Å². The number of esters is 1. The van der Waals surface area contributed by atoms with E-state index in [1.165, 1.54) is 42.9 Å². The second kappa shape index (κ2) is 9.19. The van der Waals surface area contributed by atoms with Crippen molar-refractivity contribution in [2.24, 2.45) is 0 Å². The number of hydrogen-bond acceptors (Lipinski definition) is 9. The molecule has 2 heterocycles. The molecule has 13 heteroatoms. The van der Waals surface area contributed by atoms with E-state index < -0.39 is 21.9 Å². The maximum absolute atomic E-state index is 12.9. The van der Waals surface area contributed by atoms with Crippen LogP contribution in [0.15, 0.2) is 29.3 Å². The highest BCUT2D eigenvalue weighted by Crippen LogP contribution is 2.29. The Labute approximate surface area is 172 Å². The molecule has 1 fully saturated rings. The Morgan fingerprint density at radius 2 is 1.97 bits per heavy atom. The number of rotatable bonds is 7. The fourth-order valence-electron chi connectivity index (χ4n) is 2.79. The van der Waals surface area contributed by atoms with Crippen molar-refractivity contribution in [1.82, 2.24) is 19.3 Å². The number of sulfonamides is 1. The van der Waals surface area contributed by atoms with Gasteiger partial charge in [-0.05, 0) is 18.2 Å². The standard InChI is InChI=1S/C17H21N5O7S/c1-27-15-4-3-12(30(25,26)22-5-7-29-8-6-22)9-13(15)18-16(23)11-21-10-14(19-20-21)17(24)28-2/h3-4,9-10H,5-8,11H2,1-2H3,(H,18,23). The third kappa shape index (κ3) is 4.75. The largest absolute Gasteiger partial charge is 0.495 e. The van der Waals surface area contributed by atoms with Crippen LogP contribution in [-0.2, 0) is 30.8 Å². The van der Waals surface area contributed by atoms with Crippen molar-refractivity contribution in [2.75, 3.05) is 45.8 Å². The third-order valence-electron chi connectivity index (χ3n) is 4.29. The summed E-state index contributed by atoms with van der Waals surface area (Å²) in [5.74, 6) is -0.905. The molecule has 0 aliphatic carbocycles. The maximum atomic E-state index is 12.9. The van der Waals surface area contributed by atoms with Gasteiger partial charge in [-0.1, -0.05) is 5.21 Å². The van der Waals surface area contributed by atoms with Crippen LogP contribution in [0.2, 0.25) is 0 Å². The lowest BCUT2D eigenvalue weighted by Crippen LogP contribution is -2.40. The summed E-state index contributed by atoms with van der Waals surface area (Å²) in [5, 5.41) is 9.91. The van der Waals surface area contributed by atoms with Crippen LogP contribution in [0.3, 0.4) is 0 Å². The molecule has 1 aliphatic rings. The predicted molar refractivity (Wildman–Crippen MR) is 103 cm³/mol. The lowest BCUT2D eigenvalue weighted by molar-refractivity contribution is -0.116. The molecular formula is C17H21N5O7S. The zero-order valence-electron chi connectivity index (χ0n) is 16.4. The van der Waals surface area contributed by atoms with Gasteiger partial charge in [0.15, 0.2) is 5.69 Å². The number of nitrogens with one attached hydrogen (secondary N) is 1. The van der Waals surface area contributed by atoms with Crippen molar-refractivity contribution in [3.63, 3.8) is 0 Å². The van der Waals surface area contributed by atoms with Crippen LogP contribution in [0.5, 0.6) is 5.75 Å². The topological polar surface area (TPSA) is 142 Å². The molecule has 0 unspecified atom stereocenters. The average Bonchev–Trinajstić information content (AvgIpc) is 3.22. The summed E-state index contributed by atoms with van der Waals surface area (Å²) < 4.78 is 43.2. The minimum Gasteiger partial charge on any atom is -0.495 e. The van der Waals surface area contributed by atoms with Gasteiger partial charge in [0.05, 0.1) is 44.2 Å². The van der Waals surface area contributed by atoms with E-state index in [0.717, 1.165) is 4.68 Å². The quantitative estimate of drug-likeness (QED) is 0.577. The lowest BCUT2D eigenvalue weighted by atomic mass is 10.3. The van der Waals surface area contributed by atoms with E-state index >= 15 is 0 Å². The van der Waals surface area contributed by atoms with E-state index in [2.05, 4.69) is 20.4 Å². The van der Waals surface area contributed by atoms with Gasteiger partial charge in [0.1, 0.15) is 12.3 Å². The fourth-order valence-corrected chi connectivity index (χ4v) is 4.23. The summed E-state index contributed by atoms with van der Waals surface area (Å²) in [6, 6.07) is 4.22. The first kappa shape index (κ1) is 21.7. The van der Waals surface area contributed by atoms with Gasteiger partial charge in [-0.2, -0.15) is 4.31 Å². The molecule has 1 saturated heterocycles. The summed E-state index contributed by atoms with van der Waals surface area (Å²) in [5.41, 5.74) is 0.145. The molecule has 162 valence electrons. The van der Waals surface area contributed by atoms with E-state index in [9.17, 15) is 18.0 Å². The van der Waals surface area contributed by atoms with Crippen LogP contribution >= 0.6 is 0 Å². The number of nitrogens with zero attached hydrogens (tertiary/aromatic N) is 4. The molecule has 1 aromatic carbocycles. The molecule has 1 amide bonds. The highest BCUT2D eigenvalue weighted by Gasteiger charge is 2.27. The van der Waals surface area contributed by atoms with Crippen molar-refractivity contribution in [3.8, 4) is 5.75 Å². The number of methoxy groups -OCH3 is 2. The lowest BCUT2D eigenvalue weighted by Gasteiger charge is -2.26. The molecule has 1 aromatic heterocycles. The van der Waals surface area contributed by atoms with Gasteiger partial charge in [0.25, 0.3) is 0 Å². The number of carbonyl (C=O) groups excluding carboxylic acids is 2. The number of benzene rings is 1. The van der Waals surface area contributed by atoms with Crippen molar-refractivity contribution in [1.29, 1.82) is 0 Å². The van der Waals surface area contributed by atoms with Crippen molar-refractivity contribution in [3.05, 3.63) is 30.1 Å². The van der Waals surface area contributed by atoms with Crippen LogP contribution < -0.4 is 10.1 Å². The van der Waals surface area contributed by atoms with Crippen LogP contribution in [0.25, 0.3) is 0 Å². The minimum atomic E-state index is -3.75. The Bertz CT molecular complexity index is 1030. The molecule has 1 aliphatic heterocycles. The van der Waals surface area contributed by atoms with E-state index in [1.807, 2.05) is 0 Å². The van der Waals surface area contributed by atoms with Crippen LogP contribution in [0.4, 0.5) is 5.69 Å². The number of hydrogen-bond donors (Lipinski definition) is 1. The fraction of sp³-hybridized carbons (Fsp3) is 0.412. The Morgan fingerprint density at radius 1 is 1.23 bits per heavy atom. The number of morpholine rings is 1. The zero-order valence-corrected chi connectivity index (χ0v) is 17.2. The summed E-state index contributed by atoms with van der Waals surface area (Å²) in [7, 11) is -1.14. The van der Waals surface area contributed by atoms with E-state index in [4.69, 9.17) is 9.47 Å². The van der Waals surface area contributed by atoms with Crippen molar-refractivity contribution >= 4 is 27.6 Å². The van der Waals surface area contributed by atoms with Gasteiger partial charge in [0.2, 0.25) is 15.9 Å². The number of anilines is 1. The minimum absolute atomic E-state index is 0.0224. The maximum Gasteiger partial charge on any atom is 0.360 e. The van der Waals surface area contributed by atoms with Gasteiger partial charge in [0, 0.05) is 13.1 Å². The number of carbonyl (C=O) groups is 2. The molecule has 0 saturated carbocycles. The molecule has 30 heavy (non-hydrogen) atoms. The Hall–Kier alpha value is -3.03. The van der Waals surface area contributed by atoms with E-state index in [0.29, 0.717) is 13.2 Å². The molecule has 2 aromatic rings. The first-order chi connectivity index (χ1) is 14.3. The highest BCUT2D eigenvalue weighted by molar-refractivity contribution is 7.89. The van der Waals surface area contributed by atoms with Gasteiger partial charge >= 0.3 is 5.97 Å². The third-order valence-corrected chi connectivity index (χ3v) is 6.19. The summed E-state index contributed by atoms with van der Waals surface area (Å²) in [6.45, 7) is 0.901. The molecule has 0 atom stereocenters. The zero-order chi connectivity index (χ0) is 21.7. The second-order valence-corrected chi connectivity index (χ2v) is 8.16. The SMILES string of the molecule is COC(=O)c1cn(CC(=O)Nc2cc(S(=O)(=O)N3CCOCC3)ccc2OC)nn1. The average molecular weight is 439 g/mol. The number of aromatic nitrogens is 3. The monoisotopic (exact) mass is 439 g/mol. The molecule has 0 bridgehead atoms. The summed E-state index contributed by atoms with van der Waals surface area (Å²) >= 11 is 0. The molecule has 0 radical (unpaired) electrons. The van der Waals surface area contributed by atoms with Crippen LogP contribution in [-0.4, -0.2) is 80.1 Å². The smallest absolute Gasteiger partial charge is 0.360 e. The normalized spacial score (nSPS) is 14.9. The van der Waals surface area contributed by atoms with E-state index in [1.54, 1.807) is 0 Å². The van der Waals surface area contributed by atoms with Gasteiger partial charge in [-0.3, -0.25) is 4.79 Å². The molecule has 3 rings (SSSR count). The Kier molecular flexibility index (Phi) is 6.64. The summed E-state index contributed by atoms with van der Waals surface area (Å²) in [4.78, 5) is 23.9. The molecule has 12 nitrogen and oxygen atoms in total. The van der Waals surface area contributed by atoms with Gasteiger partial charge in [-0.15, -0.1) is 5.10 Å². The molecule has 1 N–H and O–H groups in total. The van der Waals surface area contributed by atoms with Crippen LogP contribution in [0.1, 0.15) is 10.5 Å². The Balaban J connectivity index is 1.77. The first-order valence-corrected chi connectivity index (χ1v) is 10.3. The second-order valence-electron chi connectivity index (χ2n) is 6.22.